The van der Waals surface area contributed by atoms with Gasteiger partial charge in [0.2, 0.25) is 0 Å². The van der Waals surface area contributed by atoms with Crippen molar-refractivity contribution < 1.29 is 4.74 Å². The number of piperidine rings is 1. The van der Waals surface area contributed by atoms with E-state index < -0.39 is 0 Å². The number of nitrogens with zero attached hydrogens (tertiary/aromatic N) is 1. The Kier molecular flexibility index (Phi) is 5.50. The molecular formula is C16H31NO. The van der Waals surface area contributed by atoms with Crippen molar-refractivity contribution in [1.29, 1.82) is 0 Å². The van der Waals surface area contributed by atoms with Crippen molar-refractivity contribution in [3.63, 3.8) is 0 Å². The Morgan fingerprint density at radius 3 is 2.50 bits per heavy atom. The van der Waals surface area contributed by atoms with E-state index in [-0.39, 0.29) is 0 Å². The Bertz CT molecular complexity index is 233. The molecule has 0 aromatic heterocycles. The van der Waals surface area contributed by atoms with Gasteiger partial charge in [0.25, 0.3) is 0 Å². The maximum absolute atomic E-state index is 6.05. The Labute approximate surface area is 113 Å². The second kappa shape index (κ2) is 6.91. The fourth-order valence-electron chi connectivity index (χ4n) is 3.49. The molecule has 2 fully saturated rings. The average Bonchev–Trinajstić information content (AvgIpc) is 2.79. The average molecular weight is 253 g/mol. The van der Waals surface area contributed by atoms with E-state index in [9.17, 15) is 0 Å². The summed E-state index contributed by atoms with van der Waals surface area (Å²) in [5.41, 5.74) is 0.557. The molecule has 1 unspecified atom stereocenters. The van der Waals surface area contributed by atoms with Crippen molar-refractivity contribution >= 4 is 0 Å². The van der Waals surface area contributed by atoms with Crippen LogP contribution in [0.4, 0.5) is 0 Å². The summed E-state index contributed by atoms with van der Waals surface area (Å²) in [7, 11) is 0. The molecule has 0 radical (unpaired) electrons. The molecule has 2 heterocycles. The SMILES string of the molecule is CCCCC1CC2(CCN(CCCC)CC2)CO1. The lowest BCUT2D eigenvalue weighted by Gasteiger charge is -2.38. The monoisotopic (exact) mass is 253 g/mol. The first kappa shape index (κ1) is 14.3. The normalized spacial score (nSPS) is 28.0. The standard InChI is InChI=1S/C16H31NO/c1-3-5-7-15-13-16(14-18-15)8-11-17(12-9-16)10-6-4-2/h15H,3-14H2,1-2H3. The van der Waals surface area contributed by atoms with Gasteiger partial charge in [-0.05, 0) is 57.2 Å². The highest BCUT2D eigenvalue weighted by Gasteiger charge is 2.41. The number of hydrogen-bond donors (Lipinski definition) is 0. The first-order chi connectivity index (χ1) is 8.78. The Balaban J connectivity index is 1.72. The molecule has 2 saturated heterocycles. The van der Waals surface area contributed by atoms with Crippen LogP contribution in [0.25, 0.3) is 0 Å². The van der Waals surface area contributed by atoms with Gasteiger partial charge in [0, 0.05) is 0 Å². The summed E-state index contributed by atoms with van der Waals surface area (Å²) >= 11 is 0. The summed E-state index contributed by atoms with van der Waals surface area (Å²) in [6.45, 7) is 9.54. The van der Waals surface area contributed by atoms with Gasteiger partial charge in [-0.25, -0.2) is 0 Å². The topological polar surface area (TPSA) is 12.5 Å². The number of unbranched alkanes of at least 4 members (excludes halogenated alkanes) is 2. The summed E-state index contributed by atoms with van der Waals surface area (Å²) in [5.74, 6) is 0. The zero-order valence-corrected chi connectivity index (χ0v) is 12.4. The van der Waals surface area contributed by atoms with Crippen LogP contribution in [0.1, 0.15) is 65.2 Å². The predicted molar refractivity (Wildman–Crippen MR) is 76.9 cm³/mol. The van der Waals surface area contributed by atoms with Crippen LogP contribution in [0.15, 0.2) is 0 Å². The van der Waals surface area contributed by atoms with Gasteiger partial charge in [-0.3, -0.25) is 0 Å². The lowest BCUT2D eigenvalue weighted by molar-refractivity contribution is 0.0621. The van der Waals surface area contributed by atoms with Crippen molar-refractivity contribution in [2.24, 2.45) is 5.41 Å². The van der Waals surface area contributed by atoms with Gasteiger partial charge in [0.05, 0.1) is 12.7 Å². The second-order valence-electron chi connectivity index (χ2n) is 6.47. The van der Waals surface area contributed by atoms with E-state index >= 15 is 0 Å². The van der Waals surface area contributed by atoms with E-state index in [0.29, 0.717) is 11.5 Å². The van der Waals surface area contributed by atoms with Gasteiger partial charge >= 0.3 is 0 Å². The molecule has 2 aliphatic heterocycles. The first-order valence-electron chi connectivity index (χ1n) is 8.12. The van der Waals surface area contributed by atoms with E-state index in [0.717, 1.165) is 6.61 Å². The Morgan fingerprint density at radius 2 is 1.83 bits per heavy atom. The minimum atomic E-state index is 0.557. The minimum absolute atomic E-state index is 0.557. The zero-order valence-electron chi connectivity index (χ0n) is 12.4. The fraction of sp³-hybridized carbons (Fsp3) is 1.00. The Morgan fingerprint density at radius 1 is 1.11 bits per heavy atom. The lowest BCUT2D eigenvalue weighted by Crippen LogP contribution is -2.40. The minimum Gasteiger partial charge on any atom is -0.378 e. The van der Waals surface area contributed by atoms with E-state index in [1.807, 2.05) is 0 Å². The van der Waals surface area contributed by atoms with E-state index in [1.165, 1.54) is 71.0 Å². The highest BCUT2D eigenvalue weighted by molar-refractivity contribution is 4.92. The van der Waals surface area contributed by atoms with Crippen molar-refractivity contribution in [3.05, 3.63) is 0 Å². The molecule has 0 aliphatic carbocycles. The molecule has 0 bridgehead atoms. The van der Waals surface area contributed by atoms with Crippen LogP contribution in [0.2, 0.25) is 0 Å². The van der Waals surface area contributed by atoms with Crippen molar-refractivity contribution in [2.45, 2.75) is 71.3 Å². The number of likely N-dealkylation sites (tertiary alicyclic amines) is 1. The maximum atomic E-state index is 6.05. The van der Waals surface area contributed by atoms with E-state index in [1.54, 1.807) is 0 Å². The van der Waals surface area contributed by atoms with Crippen molar-refractivity contribution in [2.75, 3.05) is 26.2 Å². The smallest absolute Gasteiger partial charge is 0.0581 e. The number of ether oxygens (including phenoxy) is 1. The third-order valence-electron chi connectivity index (χ3n) is 4.91. The molecule has 0 saturated carbocycles. The van der Waals surface area contributed by atoms with E-state index in [2.05, 4.69) is 18.7 Å². The quantitative estimate of drug-likeness (QED) is 0.713. The van der Waals surface area contributed by atoms with Gasteiger partial charge < -0.3 is 9.64 Å². The highest BCUT2D eigenvalue weighted by Crippen LogP contribution is 2.43. The molecule has 2 rings (SSSR count). The molecule has 1 spiro atoms. The summed E-state index contributed by atoms with van der Waals surface area (Å²) in [6, 6.07) is 0. The molecule has 2 heteroatoms. The molecule has 106 valence electrons. The number of rotatable bonds is 6. The van der Waals surface area contributed by atoms with Crippen LogP contribution in [0, 0.1) is 5.41 Å². The zero-order chi connectivity index (χ0) is 12.8. The molecule has 2 nitrogen and oxygen atoms in total. The van der Waals surface area contributed by atoms with Crippen LogP contribution in [0.5, 0.6) is 0 Å². The maximum Gasteiger partial charge on any atom is 0.0581 e. The van der Waals surface area contributed by atoms with Gasteiger partial charge in [0.15, 0.2) is 0 Å². The van der Waals surface area contributed by atoms with Crippen LogP contribution < -0.4 is 0 Å². The van der Waals surface area contributed by atoms with Gasteiger partial charge in [-0.2, -0.15) is 0 Å². The molecule has 1 atom stereocenters. The van der Waals surface area contributed by atoms with E-state index in [4.69, 9.17) is 4.74 Å². The lowest BCUT2D eigenvalue weighted by atomic mass is 9.76. The molecular weight excluding hydrogens is 222 g/mol. The van der Waals surface area contributed by atoms with Crippen molar-refractivity contribution in [1.82, 2.24) is 4.90 Å². The van der Waals surface area contributed by atoms with Crippen LogP contribution >= 0.6 is 0 Å². The molecule has 0 N–H and O–H groups in total. The van der Waals surface area contributed by atoms with Gasteiger partial charge in [-0.1, -0.05) is 33.1 Å². The number of hydrogen-bond acceptors (Lipinski definition) is 2. The summed E-state index contributed by atoms with van der Waals surface area (Å²) < 4.78 is 6.05. The molecule has 0 aromatic carbocycles. The van der Waals surface area contributed by atoms with Crippen LogP contribution in [-0.2, 0) is 4.74 Å². The van der Waals surface area contributed by atoms with Crippen LogP contribution in [0.3, 0.4) is 0 Å². The van der Waals surface area contributed by atoms with Gasteiger partial charge in [-0.15, -0.1) is 0 Å². The third kappa shape index (κ3) is 3.71. The highest BCUT2D eigenvalue weighted by atomic mass is 16.5. The summed E-state index contributed by atoms with van der Waals surface area (Å²) in [4.78, 5) is 2.66. The third-order valence-corrected chi connectivity index (χ3v) is 4.91. The molecule has 0 aromatic rings. The summed E-state index contributed by atoms with van der Waals surface area (Å²) in [5, 5.41) is 0. The second-order valence-corrected chi connectivity index (χ2v) is 6.47. The van der Waals surface area contributed by atoms with Crippen molar-refractivity contribution in [3.8, 4) is 0 Å². The largest absolute Gasteiger partial charge is 0.378 e. The molecule has 18 heavy (non-hydrogen) atoms. The van der Waals surface area contributed by atoms with Crippen LogP contribution in [-0.4, -0.2) is 37.2 Å². The molecule has 2 aliphatic rings. The molecule has 0 amide bonds. The van der Waals surface area contributed by atoms with Gasteiger partial charge in [0.1, 0.15) is 0 Å². The summed E-state index contributed by atoms with van der Waals surface area (Å²) in [6.07, 6.45) is 11.3. The Hall–Kier alpha value is -0.0800. The predicted octanol–water partition coefficient (Wildman–Crippen LogP) is 3.85. The first-order valence-corrected chi connectivity index (χ1v) is 8.12. The fourth-order valence-corrected chi connectivity index (χ4v) is 3.49.